The van der Waals surface area contributed by atoms with Crippen LogP contribution in [0.3, 0.4) is 0 Å². The Balaban J connectivity index is 2.93. The van der Waals surface area contributed by atoms with Gasteiger partial charge in [-0.25, -0.2) is 0 Å². The van der Waals surface area contributed by atoms with Gasteiger partial charge in [-0.3, -0.25) is 0 Å². The van der Waals surface area contributed by atoms with Gasteiger partial charge < -0.3 is 4.90 Å². The first-order valence-electron chi connectivity index (χ1n) is 3.95. The van der Waals surface area contributed by atoms with Crippen LogP contribution in [-0.4, -0.2) is 10.4 Å². The van der Waals surface area contributed by atoms with Crippen molar-refractivity contribution in [1.29, 1.82) is 0 Å². The van der Waals surface area contributed by atoms with Crippen molar-refractivity contribution in [3.63, 3.8) is 0 Å². The van der Waals surface area contributed by atoms with Crippen LogP contribution in [0.2, 0.25) is 0 Å². The van der Waals surface area contributed by atoms with E-state index >= 15 is 0 Å². The number of nitrogens with zero attached hydrogens (tertiary/aromatic N) is 1. The third-order valence-electron chi connectivity index (χ3n) is 1.72. The second-order valence-electron chi connectivity index (χ2n) is 3.88. The Morgan fingerprint density at radius 2 is 1.92 bits per heavy atom. The van der Waals surface area contributed by atoms with Crippen LogP contribution in [0, 0.1) is 0 Å². The molecule has 0 fully saturated rings. The largest absolute Gasteiger partial charge is 0.342 e. The standard InChI is InChI=1S/C10H14ClN/c1-8-5-6-9(11)7-12(8)10(2,3)4/h5-7H,1H2,2-4H3. The highest BCUT2D eigenvalue weighted by molar-refractivity contribution is 6.31. The minimum atomic E-state index is 0.0436. The third kappa shape index (κ3) is 1.92. The molecule has 1 aliphatic rings. The normalized spacial score (nSPS) is 18.2. The van der Waals surface area contributed by atoms with Crippen molar-refractivity contribution in [2.45, 2.75) is 26.3 Å². The topological polar surface area (TPSA) is 3.24 Å². The van der Waals surface area contributed by atoms with Gasteiger partial charge in [0.25, 0.3) is 0 Å². The average Bonchev–Trinajstić information content (AvgIpc) is 1.92. The first-order valence-corrected chi connectivity index (χ1v) is 4.33. The first kappa shape index (κ1) is 9.40. The minimum absolute atomic E-state index is 0.0436. The Labute approximate surface area is 79.0 Å². The predicted octanol–water partition coefficient (Wildman–Crippen LogP) is 3.25. The summed E-state index contributed by atoms with van der Waals surface area (Å²) in [6, 6.07) is 0. The molecule has 1 nitrogen and oxygen atoms in total. The lowest BCUT2D eigenvalue weighted by atomic mass is 10.0. The quantitative estimate of drug-likeness (QED) is 0.557. The highest BCUT2D eigenvalue weighted by Gasteiger charge is 2.21. The van der Waals surface area contributed by atoms with E-state index in [2.05, 4.69) is 32.3 Å². The van der Waals surface area contributed by atoms with Gasteiger partial charge in [-0.15, -0.1) is 0 Å². The van der Waals surface area contributed by atoms with Crippen LogP contribution < -0.4 is 0 Å². The summed E-state index contributed by atoms with van der Waals surface area (Å²) in [5, 5.41) is 0.748. The molecule has 66 valence electrons. The summed E-state index contributed by atoms with van der Waals surface area (Å²) >= 11 is 5.87. The molecule has 0 aromatic carbocycles. The first-order chi connectivity index (χ1) is 5.41. The molecule has 0 saturated heterocycles. The van der Waals surface area contributed by atoms with Crippen molar-refractivity contribution in [1.82, 2.24) is 4.90 Å². The van der Waals surface area contributed by atoms with Crippen molar-refractivity contribution >= 4 is 11.6 Å². The lowest BCUT2D eigenvalue weighted by Crippen LogP contribution is -2.36. The zero-order valence-corrected chi connectivity index (χ0v) is 8.52. The van der Waals surface area contributed by atoms with Crippen LogP contribution in [0.1, 0.15) is 20.8 Å². The molecule has 0 N–H and O–H groups in total. The maximum atomic E-state index is 5.87. The number of hydrogen-bond donors (Lipinski definition) is 0. The summed E-state index contributed by atoms with van der Waals surface area (Å²) in [6.07, 6.45) is 5.68. The molecule has 1 aliphatic heterocycles. The van der Waals surface area contributed by atoms with E-state index in [1.165, 1.54) is 0 Å². The zero-order valence-electron chi connectivity index (χ0n) is 7.76. The minimum Gasteiger partial charge on any atom is -0.342 e. The zero-order chi connectivity index (χ0) is 9.35. The van der Waals surface area contributed by atoms with Gasteiger partial charge >= 0.3 is 0 Å². The van der Waals surface area contributed by atoms with Crippen LogP contribution in [-0.2, 0) is 0 Å². The summed E-state index contributed by atoms with van der Waals surface area (Å²) in [4.78, 5) is 2.06. The molecule has 1 heterocycles. The van der Waals surface area contributed by atoms with E-state index in [4.69, 9.17) is 11.6 Å². The fourth-order valence-corrected chi connectivity index (χ4v) is 1.29. The molecular formula is C10H14ClN. The molecule has 0 saturated carbocycles. The highest BCUT2D eigenvalue weighted by atomic mass is 35.5. The van der Waals surface area contributed by atoms with Gasteiger partial charge in [-0.05, 0) is 32.9 Å². The molecule has 0 aromatic heterocycles. The van der Waals surface area contributed by atoms with Crippen LogP contribution in [0.25, 0.3) is 0 Å². The van der Waals surface area contributed by atoms with Crippen LogP contribution in [0.15, 0.2) is 35.7 Å². The summed E-state index contributed by atoms with van der Waals surface area (Å²) < 4.78 is 0. The van der Waals surface area contributed by atoms with Crippen LogP contribution in [0.4, 0.5) is 0 Å². The van der Waals surface area contributed by atoms with Crippen molar-refractivity contribution < 1.29 is 0 Å². The second kappa shape index (κ2) is 2.98. The summed E-state index contributed by atoms with van der Waals surface area (Å²) in [5.41, 5.74) is 1.02. The van der Waals surface area contributed by atoms with E-state index in [1.54, 1.807) is 0 Å². The van der Waals surface area contributed by atoms with Gasteiger partial charge in [0.2, 0.25) is 0 Å². The maximum absolute atomic E-state index is 5.87. The van der Waals surface area contributed by atoms with Crippen molar-refractivity contribution in [3.05, 3.63) is 35.7 Å². The Morgan fingerprint density at radius 1 is 1.33 bits per heavy atom. The Kier molecular flexibility index (Phi) is 2.34. The number of halogens is 1. The molecule has 0 amide bonds. The van der Waals surface area contributed by atoms with Crippen LogP contribution in [0.5, 0.6) is 0 Å². The highest BCUT2D eigenvalue weighted by Crippen LogP contribution is 2.25. The van der Waals surface area contributed by atoms with E-state index in [1.807, 2.05) is 18.4 Å². The maximum Gasteiger partial charge on any atom is 0.0569 e. The van der Waals surface area contributed by atoms with Gasteiger partial charge in [0, 0.05) is 17.4 Å². The van der Waals surface area contributed by atoms with E-state index in [-0.39, 0.29) is 5.54 Å². The fraction of sp³-hybridized carbons (Fsp3) is 0.400. The molecule has 0 spiro atoms. The molecule has 12 heavy (non-hydrogen) atoms. The van der Waals surface area contributed by atoms with Crippen molar-refractivity contribution in [3.8, 4) is 0 Å². The molecule has 1 rings (SSSR count). The SMILES string of the molecule is C=C1C=CC(Cl)=CN1C(C)(C)C. The van der Waals surface area contributed by atoms with Gasteiger partial charge in [0.1, 0.15) is 0 Å². The van der Waals surface area contributed by atoms with Gasteiger partial charge in [-0.1, -0.05) is 18.2 Å². The summed E-state index contributed by atoms with van der Waals surface area (Å²) in [5.74, 6) is 0. The number of allylic oxidation sites excluding steroid dienone is 3. The van der Waals surface area contributed by atoms with Crippen molar-refractivity contribution in [2.24, 2.45) is 0 Å². The molecule has 0 aromatic rings. The van der Waals surface area contributed by atoms with Gasteiger partial charge in [-0.2, -0.15) is 0 Å². The summed E-state index contributed by atoms with van der Waals surface area (Å²) in [7, 11) is 0. The Hall–Kier alpha value is -0.690. The third-order valence-corrected chi connectivity index (χ3v) is 1.94. The monoisotopic (exact) mass is 183 g/mol. The predicted molar refractivity (Wildman–Crippen MR) is 53.8 cm³/mol. The second-order valence-corrected chi connectivity index (χ2v) is 4.32. The average molecular weight is 184 g/mol. The van der Waals surface area contributed by atoms with E-state index in [0.29, 0.717) is 0 Å². The summed E-state index contributed by atoms with van der Waals surface area (Å²) in [6.45, 7) is 10.3. The van der Waals surface area contributed by atoms with E-state index in [0.717, 1.165) is 10.7 Å². The molecule has 0 atom stereocenters. The lowest BCUT2D eigenvalue weighted by Gasteiger charge is -2.36. The van der Waals surface area contributed by atoms with Crippen LogP contribution >= 0.6 is 11.6 Å². The molecule has 2 heteroatoms. The number of hydrogen-bond acceptors (Lipinski definition) is 1. The van der Waals surface area contributed by atoms with Gasteiger partial charge in [0.15, 0.2) is 0 Å². The lowest BCUT2D eigenvalue weighted by molar-refractivity contribution is 0.264. The van der Waals surface area contributed by atoms with Crippen molar-refractivity contribution in [2.75, 3.05) is 0 Å². The fourth-order valence-electron chi connectivity index (χ4n) is 1.13. The molecule has 0 radical (unpaired) electrons. The van der Waals surface area contributed by atoms with E-state index < -0.39 is 0 Å². The molecular weight excluding hydrogens is 170 g/mol. The number of rotatable bonds is 0. The smallest absolute Gasteiger partial charge is 0.0569 e. The Morgan fingerprint density at radius 3 is 2.33 bits per heavy atom. The Bertz CT molecular complexity index is 256. The van der Waals surface area contributed by atoms with E-state index in [9.17, 15) is 0 Å². The molecule has 0 aliphatic carbocycles. The van der Waals surface area contributed by atoms with Gasteiger partial charge in [0.05, 0.1) is 5.03 Å². The molecule has 0 bridgehead atoms. The molecule has 0 unspecified atom stereocenters.